The van der Waals surface area contributed by atoms with E-state index in [1.807, 2.05) is 0 Å². The van der Waals surface area contributed by atoms with E-state index in [0.717, 1.165) is 0 Å². The number of hydrogen-bond donors (Lipinski definition) is 1. The van der Waals surface area contributed by atoms with Gasteiger partial charge in [-0.05, 0) is 24.5 Å². The molecule has 1 aliphatic heterocycles. The second-order valence-corrected chi connectivity index (χ2v) is 9.14. The molecule has 1 heterocycles. The molecule has 1 aromatic carbocycles. The van der Waals surface area contributed by atoms with Crippen LogP contribution in [0.5, 0.6) is 0 Å². The lowest BCUT2D eigenvalue weighted by Gasteiger charge is -2.14. The molecule has 0 saturated carbocycles. The van der Waals surface area contributed by atoms with Gasteiger partial charge in [0, 0.05) is 19.6 Å². The van der Waals surface area contributed by atoms with E-state index in [9.17, 15) is 21.2 Å². The van der Waals surface area contributed by atoms with Crippen LogP contribution in [-0.2, 0) is 26.5 Å². The molecule has 1 aromatic rings. The Morgan fingerprint density at radius 2 is 2.00 bits per heavy atom. The Morgan fingerprint density at radius 3 is 2.64 bits per heavy atom. The fraction of sp³-hybridized carbons (Fsp3) is 0.538. The van der Waals surface area contributed by atoms with Crippen molar-refractivity contribution in [2.24, 2.45) is 0 Å². The molecule has 9 heteroatoms. The zero-order valence-electron chi connectivity index (χ0n) is 12.0. The van der Waals surface area contributed by atoms with Crippen LogP contribution in [0, 0.1) is 5.82 Å². The zero-order valence-corrected chi connectivity index (χ0v) is 13.7. The third-order valence-electron chi connectivity index (χ3n) is 3.48. The van der Waals surface area contributed by atoms with E-state index < -0.39 is 25.9 Å². The quantitative estimate of drug-likeness (QED) is 0.768. The van der Waals surface area contributed by atoms with Crippen molar-refractivity contribution in [3.05, 3.63) is 35.6 Å². The van der Waals surface area contributed by atoms with Crippen molar-refractivity contribution >= 4 is 20.0 Å². The number of rotatable bonds is 7. The highest BCUT2D eigenvalue weighted by molar-refractivity contribution is 7.89. The molecule has 0 amide bonds. The number of nitrogens with zero attached hydrogens (tertiary/aromatic N) is 1. The minimum absolute atomic E-state index is 0.0266. The molecule has 1 aliphatic rings. The van der Waals surface area contributed by atoms with E-state index in [1.165, 1.54) is 10.4 Å². The van der Waals surface area contributed by atoms with Crippen molar-refractivity contribution in [2.45, 2.75) is 12.8 Å². The third kappa shape index (κ3) is 4.73. The van der Waals surface area contributed by atoms with Crippen molar-refractivity contribution in [1.29, 1.82) is 0 Å². The lowest BCUT2D eigenvalue weighted by Crippen LogP contribution is -2.37. The van der Waals surface area contributed by atoms with Crippen molar-refractivity contribution in [3.8, 4) is 0 Å². The molecule has 22 heavy (non-hydrogen) atoms. The van der Waals surface area contributed by atoms with Gasteiger partial charge in [-0.25, -0.2) is 30.3 Å². The van der Waals surface area contributed by atoms with Crippen LogP contribution in [-0.4, -0.2) is 52.3 Å². The van der Waals surface area contributed by atoms with E-state index in [1.54, 1.807) is 18.2 Å². The maximum Gasteiger partial charge on any atom is 0.214 e. The monoisotopic (exact) mass is 350 g/mol. The lowest BCUT2D eigenvalue weighted by molar-refractivity contribution is 0.444. The number of benzene rings is 1. The number of hydrogen-bond acceptors (Lipinski definition) is 4. The normalized spacial score (nSPS) is 18.6. The van der Waals surface area contributed by atoms with Gasteiger partial charge in [-0.1, -0.05) is 18.2 Å². The summed E-state index contributed by atoms with van der Waals surface area (Å²) in [6.45, 7) is 0.583. The first-order valence-electron chi connectivity index (χ1n) is 6.99. The van der Waals surface area contributed by atoms with Crippen LogP contribution < -0.4 is 4.72 Å². The Balaban J connectivity index is 1.81. The van der Waals surface area contributed by atoms with Crippen LogP contribution in [0.4, 0.5) is 4.39 Å². The summed E-state index contributed by atoms with van der Waals surface area (Å²) in [6.07, 6.45) is 0.645. The Bertz CT molecular complexity index is 719. The van der Waals surface area contributed by atoms with E-state index in [-0.39, 0.29) is 31.0 Å². The highest BCUT2D eigenvalue weighted by Gasteiger charge is 2.27. The Hall–Kier alpha value is -1.03. The highest BCUT2D eigenvalue weighted by Crippen LogP contribution is 2.12. The maximum absolute atomic E-state index is 13.4. The SMILES string of the molecule is O=S(=O)(CCc1ccccc1F)NCCN1CCCS1(=O)=O. The molecule has 1 saturated heterocycles. The predicted molar refractivity (Wildman–Crippen MR) is 81.9 cm³/mol. The van der Waals surface area contributed by atoms with Crippen LogP contribution in [0.15, 0.2) is 24.3 Å². The Kier molecular flexibility index (Phi) is 5.54. The smallest absolute Gasteiger partial charge is 0.214 e. The van der Waals surface area contributed by atoms with E-state index >= 15 is 0 Å². The second kappa shape index (κ2) is 7.03. The summed E-state index contributed by atoms with van der Waals surface area (Å²) in [5.74, 6) is -0.547. The van der Waals surface area contributed by atoms with Gasteiger partial charge in [-0.2, -0.15) is 0 Å². The van der Waals surface area contributed by atoms with Gasteiger partial charge in [0.15, 0.2) is 0 Å². The lowest BCUT2D eigenvalue weighted by atomic mass is 10.2. The van der Waals surface area contributed by atoms with Crippen molar-refractivity contribution in [3.63, 3.8) is 0 Å². The van der Waals surface area contributed by atoms with Gasteiger partial charge in [-0.15, -0.1) is 0 Å². The molecular weight excluding hydrogens is 331 g/mol. The number of halogens is 1. The number of sulfonamides is 2. The molecule has 6 nitrogen and oxygen atoms in total. The minimum Gasteiger partial charge on any atom is -0.214 e. The molecule has 1 fully saturated rings. The summed E-state index contributed by atoms with van der Waals surface area (Å²) in [4.78, 5) is 0. The first-order chi connectivity index (χ1) is 10.3. The second-order valence-electron chi connectivity index (χ2n) is 5.12. The fourth-order valence-corrected chi connectivity index (χ4v) is 4.85. The molecular formula is C13H19FN2O4S2. The van der Waals surface area contributed by atoms with Crippen molar-refractivity contribution in [1.82, 2.24) is 9.03 Å². The molecule has 1 N–H and O–H groups in total. The summed E-state index contributed by atoms with van der Waals surface area (Å²) in [5.41, 5.74) is 0.343. The van der Waals surface area contributed by atoms with Crippen LogP contribution in [0.25, 0.3) is 0 Å². The summed E-state index contributed by atoms with van der Waals surface area (Å²) in [7, 11) is -6.78. The zero-order chi connectivity index (χ0) is 16.2. The molecule has 0 unspecified atom stereocenters. The van der Waals surface area contributed by atoms with Gasteiger partial charge < -0.3 is 0 Å². The molecule has 0 atom stereocenters. The fourth-order valence-electron chi connectivity index (χ4n) is 2.29. The summed E-state index contributed by atoms with van der Waals surface area (Å²) in [5, 5.41) is 0. The van der Waals surface area contributed by atoms with Gasteiger partial charge >= 0.3 is 0 Å². The summed E-state index contributed by atoms with van der Waals surface area (Å²) in [6, 6.07) is 6.02. The summed E-state index contributed by atoms with van der Waals surface area (Å²) < 4.78 is 63.9. The number of aryl methyl sites for hydroxylation is 1. The predicted octanol–water partition coefficient (Wildman–Crippen LogP) is 0.323. The maximum atomic E-state index is 13.4. The van der Waals surface area contributed by atoms with E-state index in [2.05, 4.69) is 4.72 Å². The molecule has 0 aromatic heterocycles. The average molecular weight is 350 g/mol. The largest absolute Gasteiger partial charge is 0.214 e. The van der Waals surface area contributed by atoms with Crippen molar-refractivity contribution < 1.29 is 21.2 Å². The summed E-state index contributed by atoms with van der Waals surface area (Å²) >= 11 is 0. The molecule has 0 spiro atoms. The van der Waals surface area contributed by atoms with Gasteiger partial charge in [0.2, 0.25) is 20.0 Å². The third-order valence-corrected chi connectivity index (χ3v) is 6.83. The van der Waals surface area contributed by atoms with Crippen molar-refractivity contribution in [2.75, 3.05) is 31.1 Å². The van der Waals surface area contributed by atoms with E-state index in [4.69, 9.17) is 0 Å². The average Bonchev–Trinajstić information content (AvgIpc) is 2.77. The van der Waals surface area contributed by atoms with Crippen LogP contribution in [0.1, 0.15) is 12.0 Å². The molecule has 0 bridgehead atoms. The van der Waals surface area contributed by atoms with Crippen LogP contribution >= 0.6 is 0 Å². The molecule has 0 aliphatic carbocycles. The topological polar surface area (TPSA) is 83.6 Å². The van der Waals surface area contributed by atoms with Crippen LogP contribution in [0.2, 0.25) is 0 Å². The minimum atomic E-state index is -3.56. The Labute approximate surface area is 130 Å². The first-order valence-corrected chi connectivity index (χ1v) is 10.2. The van der Waals surface area contributed by atoms with Gasteiger partial charge in [0.1, 0.15) is 5.82 Å². The van der Waals surface area contributed by atoms with E-state index in [0.29, 0.717) is 18.5 Å². The highest BCUT2D eigenvalue weighted by atomic mass is 32.2. The van der Waals surface area contributed by atoms with Crippen LogP contribution in [0.3, 0.4) is 0 Å². The molecule has 124 valence electrons. The standard InChI is InChI=1S/C13H19FN2O4S2/c14-13-5-2-1-4-12(13)6-11-21(17,18)15-7-9-16-8-3-10-22(16,19)20/h1-2,4-5,15H,3,6-11H2. The first kappa shape index (κ1) is 17.3. The molecule has 0 radical (unpaired) electrons. The van der Waals surface area contributed by atoms with Gasteiger partial charge in [-0.3, -0.25) is 0 Å². The molecule has 2 rings (SSSR count). The Morgan fingerprint density at radius 1 is 1.27 bits per heavy atom. The van der Waals surface area contributed by atoms with Gasteiger partial charge in [0.05, 0.1) is 11.5 Å². The number of nitrogens with one attached hydrogen (secondary N) is 1. The van der Waals surface area contributed by atoms with Gasteiger partial charge in [0.25, 0.3) is 0 Å².